The van der Waals surface area contributed by atoms with Crippen molar-refractivity contribution < 1.29 is 15.1 Å². The fourth-order valence-electron chi connectivity index (χ4n) is 1.51. The molecule has 0 aromatic rings. The molecule has 0 bridgehead atoms. The van der Waals surface area contributed by atoms with Crippen LogP contribution < -0.4 is 0 Å². The maximum absolute atomic E-state index is 7.60. The molecule has 0 N–H and O–H groups in total. The topological polar surface area (TPSA) is 27.7 Å². The van der Waals surface area contributed by atoms with Crippen molar-refractivity contribution in [1.82, 2.24) is 0 Å². The molecule has 0 spiro atoms. The molecule has 0 rings (SSSR count). The van der Waals surface area contributed by atoms with Crippen molar-refractivity contribution in [3.63, 3.8) is 0 Å². The molecule has 92 valence electrons. The summed E-state index contributed by atoms with van der Waals surface area (Å²) in [6.07, 6.45) is 0. The van der Waals surface area contributed by atoms with Gasteiger partial charge in [0.25, 0.3) is 0 Å². The van der Waals surface area contributed by atoms with Crippen molar-refractivity contribution in [2.45, 2.75) is 52.3 Å². The lowest BCUT2D eigenvalue weighted by molar-refractivity contribution is 0.339. The van der Waals surface area contributed by atoms with Crippen molar-refractivity contribution in [3.8, 4) is 0 Å². The predicted molar refractivity (Wildman–Crippen MR) is 76.0 cm³/mol. The first kappa shape index (κ1) is 9.74. The maximum Gasteiger partial charge on any atom is 0.312 e. The van der Waals surface area contributed by atoms with Crippen LogP contribution in [0.15, 0.2) is 0 Å². The van der Waals surface area contributed by atoms with Crippen LogP contribution >= 0.6 is 0 Å². The Morgan fingerprint density at radius 3 is 1.93 bits per heavy atom. The molecule has 0 atom stereocenters. The van der Waals surface area contributed by atoms with Crippen LogP contribution in [0.3, 0.4) is 0 Å². The standard InChI is InChI=1S/C8H26O3Si4/c1-12-9-14(5,6)11-15(7,8)10-13(2,3)4/h12H2,1-8H3/i2D2,12D2. The van der Waals surface area contributed by atoms with Gasteiger partial charge in [-0.15, -0.1) is 0 Å². The average molecular weight is 287 g/mol. The van der Waals surface area contributed by atoms with Gasteiger partial charge in [0, 0.05) is 5.21 Å². The van der Waals surface area contributed by atoms with Gasteiger partial charge in [-0.05, 0) is 45.8 Å². The van der Waals surface area contributed by atoms with Crippen molar-refractivity contribution in [1.29, 1.82) is 2.47 Å². The Morgan fingerprint density at radius 1 is 1.00 bits per heavy atom. The molecule has 0 aliphatic heterocycles. The number of hydrogen-bond donors (Lipinski definition) is 0. The van der Waals surface area contributed by atoms with E-state index in [0.29, 0.717) is 0 Å². The third-order valence-corrected chi connectivity index (χ3v) is 12.1. The van der Waals surface area contributed by atoms with Crippen molar-refractivity contribution in [3.05, 3.63) is 0 Å². The van der Waals surface area contributed by atoms with Crippen LogP contribution in [0.2, 0.25) is 52.3 Å². The van der Waals surface area contributed by atoms with E-state index in [4.69, 9.17) is 17.6 Å². The van der Waals surface area contributed by atoms with Gasteiger partial charge >= 0.3 is 17.1 Å². The van der Waals surface area contributed by atoms with Crippen LogP contribution in [0.4, 0.5) is 0 Å². The second-order valence-electron chi connectivity index (χ2n) is 4.91. The highest BCUT2D eigenvalue weighted by molar-refractivity contribution is 6.86. The van der Waals surface area contributed by atoms with E-state index >= 15 is 0 Å². The average Bonchev–Trinajstić information content (AvgIpc) is 1.91. The van der Waals surface area contributed by atoms with Gasteiger partial charge in [0.05, 0.1) is 0 Å². The minimum atomic E-state index is -3.13. The highest BCUT2D eigenvalue weighted by Crippen LogP contribution is 2.20. The highest BCUT2D eigenvalue weighted by atomic mass is 28.5. The molecule has 0 aliphatic carbocycles. The van der Waals surface area contributed by atoms with Crippen LogP contribution in [-0.2, 0) is 12.3 Å². The summed E-state index contributed by atoms with van der Waals surface area (Å²) in [7, 11) is -10.7. The van der Waals surface area contributed by atoms with Gasteiger partial charge in [0.1, 0.15) is 9.63 Å². The SMILES string of the molecule is [2H]C([2H])[Si](C)(C)O[Si](C)(C)O[Si](C)(C)O[Si]([2H])([2H])C. The minimum Gasteiger partial charge on any atom is -0.442 e. The third-order valence-electron chi connectivity index (χ3n) is 1.35. The molecule has 0 aliphatic rings. The molecule has 7 heteroatoms. The lowest BCUT2D eigenvalue weighted by Gasteiger charge is -2.36. The van der Waals surface area contributed by atoms with E-state index < -0.39 is 41.6 Å². The summed E-state index contributed by atoms with van der Waals surface area (Å²) in [5.41, 5.74) is 0. The second kappa shape index (κ2) is 5.39. The molecule has 0 saturated heterocycles. The molecule has 0 radical (unpaired) electrons. The van der Waals surface area contributed by atoms with Gasteiger partial charge in [-0.3, -0.25) is 0 Å². The number of hydrogen-bond acceptors (Lipinski definition) is 3. The summed E-state index contributed by atoms with van der Waals surface area (Å²) in [5.74, 6) is 0. The quantitative estimate of drug-likeness (QED) is 0.702. The molecule has 0 heterocycles. The van der Waals surface area contributed by atoms with Crippen LogP contribution in [0.25, 0.3) is 0 Å². The van der Waals surface area contributed by atoms with Crippen LogP contribution in [-0.4, -0.2) is 37.5 Å². The van der Waals surface area contributed by atoms with Crippen LogP contribution in [0.5, 0.6) is 0 Å². The zero-order valence-corrected chi connectivity index (χ0v) is 14.8. The Labute approximate surface area is 105 Å². The van der Waals surface area contributed by atoms with Gasteiger partial charge in [-0.1, -0.05) is 6.55 Å². The van der Waals surface area contributed by atoms with Gasteiger partial charge in [-0.25, -0.2) is 0 Å². The molecular formula is C8H26O3Si4. The van der Waals surface area contributed by atoms with Gasteiger partial charge in [-0.2, -0.15) is 0 Å². The minimum absolute atomic E-state index is 0.972. The summed E-state index contributed by atoms with van der Waals surface area (Å²) in [4.78, 5) is 0. The van der Waals surface area contributed by atoms with Gasteiger partial charge in [0.15, 0.2) is 8.32 Å². The normalized spacial score (nSPS) is 19.5. The van der Waals surface area contributed by atoms with Crippen LogP contribution in [0.1, 0.15) is 2.74 Å². The lowest BCUT2D eigenvalue weighted by Crippen LogP contribution is -2.52. The molecule has 15 heavy (non-hydrogen) atoms. The first-order chi connectivity index (χ1) is 8.06. The Bertz CT molecular complexity index is 307. The second-order valence-corrected chi connectivity index (χ2v) is 16.6. The molecule has 0 saturated carbocycles. The Kier molecular flexibility index (Phi) is 3.50. The summed E-state index contributed by atoms with van der Waals surface area (Å²) >= 11 is 0. The largest absolute Gasteiger partial charge is 0.442 e. The summed E-state index contributed by atoms with van der Waals surface area (Å²) in [6, 6.07) is 0. The van der Waals surface area contributed by atoms with Crippen molar-refractivity contribution in [2.75, 3.05) is 0 Å². The predicted octanol–water partition coefficient (Wildman–Crippen LogP) is 2.41. The zero-order valence-electron chi connectivity index (χ0n) is 14.8. The fourth-order valence-corrected chi connectivity index (χ4v) is 14.4. The number of rotatable bonds is 6. The molecule has 0 amide bonds. The molecule has 0 aromatic carbocycles. The lowest BCUT2D eigenvalue weighted by atomic mass is 11.8. The van der Waals surface area contributed by atoms with E-state index in [0.717, 1.165) is 0 Å². The zero-order chi connectivity index (χ0) is 15.7. The van der Waals surface area contributed by atoms with Crippen molar-refractivity contribution >= 4 is 35.1 Å². The third kappa shape index (κ3) is 8.54. The monoisotopic (exact) mass is 286 g/mol. The molecule has 0 unspecified atom stereocenters. The Hall–Kier alpha value is 0.748. The van der Waals surface area contributed by atoms with E-state index in [1.165, 1.54) is 6.55 Å². The molecule has 0 aromatic heterocycles. The van der Waals surface area contributed by atoms with Gasteiger partial charge < -0.3 is 12.3 Å². The Balaban J connectivity index is 4.77. The fraction of sp³-hybridized carbons (Fsp3) is 1.00. The molecule has 0 fully saturated rings. The summed E-state index contributed by atoms with van der Waals surface area (Å²) < 4.78 is 47.7. The van der Waals surface area contributed by atoms with E-state index in [1.807, 2.05) is 39.3 Å². The Morgan fingerprint density at radius 2 is 1.53 bits per heavy atom. The first-order valence-electron chi connectivity index (χ1n) is 7.17. The van der Waals surface area contributed by atoms with Gasteiger partial charge in [0.2, 0.25) is 0 Å². The summed E-state index contributed by atoms with van der Waals surface area (Å²) in [5, 5.41) is 0. The molecular weight excluding hydrogens is 256 g/mol. The van der Waals surface area contributed by atoms with Crippen molar-refractivity contribution in [2.24, 2.45) is 0 Å². The van der Waals surface area contributed by atoms with E-state index in [1.54, 1.807) is 0 Å². The van der Waals surface area contributed by atoms with E-state index in [2.05, 4.69) is 0 Å². The van der Waals surface area contributed by atoms with Crippen LogP contribution in [0, 0.1) is 0 Å². The first-order valence-corrected chi connectivity index (χ1v) is 15.0. The van der Waals surface area contributed by atoms with E-state index in [-0.39, 0.29) is 0 Å². The summed E-state index contributed by atoms with van der Waals surface area (Å²) in [6.45, 7) is 11.5. The highest BCUT2D eigenvalue weighted by Gasteiger charge is 2.38. The van der Waals surface area contributed by atoms with E-state index in [9.17, 15) is 0 Å². The maximum atomic E-state index is 7.60. The molecule has 3 nitrogen and oxygen atoms in total. The smallest absolute Gasteiger partial charge is 0.312 e.